The highest BCUT2D eigenvalue weighted by atomic mass is 35.5. The number of hydrogen-bond acceptors (Lipinski definition) is 9. The van der Waals surface area contributed by atoms with Crippen LogP contribution >= 0.6 is 11.6 Å². The largest absolute Gasteiger partial charge is 0.347 e. The van der Waals surface area contributed by atoms with E-state index in [0.29, 0.717) is 38.3 Å². The van der Waals surface area contributed by atoms with Gasteiger partial charge in [0.05, 0.1) is 26.4 Å². The first kappa shape index (κ1) is 17.8. The van der Waals surface area contributed by atoms with Crippen LogP contribution in [0.2, 0.25) is 5.28 Å². The smallest absolute Gasteiger partial charge is 0.231 e. The molecule has 0 amide bonds. The SMILES string of the molecule is Clc1nc(N2CCC3(CC2)OCCO3)nc(N2CCC3(CC2)OCCO3)n1. The Morgan fingerprint density at radius 1 is 0.630 bits per heavy atom. The minimum Gasteiger partial charge on any atom is -0.347 e. The second-order valence-corrected chi connectivity index (χ2v) is 7.73. The lowest BCUT2D eigenvalue weighted by atomic mass is 10.0. The van der Waals surface area contributed by atoms with Crippen molar-refractivity contribution in [1.82, 2.24) is 15.0 Å². The number of anilines is 2. The lowest BCUT2D eigenvalue weighted by Crippen LogP contribution is -2.47. The Morgan fingerprint density at radius 2 is 1.00 bits per heavy atom. The van der Waals surface area contributed by atoms with Crippen LogP contribution in [0, 0.1) is 0 Å². The van der Waals surface area contributed by atoms with Crippen LogP contribution in [0.4, 0.5) is 11.9 Å². The van der Waals surface area contributed by atoms with E-state index in [1.54, 1.807) is 0 Å². The zero-order valence-corrected chi connectivity index (χ0v) is 16.0. The molecule has 9 nitrogen and oxygen atoms in total. The van der Waals surface area contributed by atoms with Gasteiger partial charge in [0.25, 0.3) is 0 Å². The summed E-state index contributed by atoms with van der Waals surface area (Å²) in [5.41, 5.74) is 0. The van der Waals surface area contributed by atoms with Crippen molar-refractivity contribution in [2.75, 3.05) is 62.4 Å². The standard InChI is InChI=1S/C17H24ClN5O4/c18-13-19-14(22-5-1-16(2-6-22)24-9-10-25-16)21-15(20-13)23-7-3-17(4-8-23)26-11-12-27-17/h1-12H2. The molecule has 10 heteroatoms. The van der Waals surface area contributed by atoms with Gasteiger partial charge in [0, 0.05) is 51.9 Å². The first-order valence-electron chi connectivity index (χ1n) is 9.63. The Morgan fingerprint density at radius 3 is 1.37 bits per heavy atom. The first-order chi connectivity index (χ1) is 13.2. The fourth-order valence-corrected chi connectivity index (χ4v) is 4.43. The molecule has 1 aromatic rings. The Balaban J connectivity index is 1.27. The highest BCUT2D eigenvalue weighted by molar-refractivity contribution is 6.28. The second kappa shape index (κ2) is 6.97. The molecule has 0 atom stereocenters. The van der Waals surface area contributed by atoms with E-state index < -0.39 is 11.6 Å². The minimum absolute atomic E-state index is 0.220. The van der Waals surface area contributed by atoms with E-state index in [0.717, 1.165) is 51.9 Å². The summed E-state index contributed by atoms with van der Waals surface area (Å²) in [4.78, 5) is 17.6. The van der Waals surface area contributed by atoms with Crippen LogP contribution in [0.5, 0.6) is 0 Å². The predicted molar refractivity (Wildman–Crippen MR) is 97.0 cm³/mol. The molecule has 2 spiro atoms. The van der Waals surface area contributed by atoms with Crippen molar-refractivity contribution in [3.05, 3.63) is 5.28 Å². The number of nitrogens with zero attached hydrogens (tertiary/aromatic N) is 5. The summed E-state index contributed by atoms with van der Waals surface area (Å²) >= 11 is 6.22. The van der Waals surface area contributed by atoms with E-state index in [9.17, 15) is 0 Å². The van der Waals surface area contributed by atoms with E-state index in [1.165, 1.54) is 0 Å². The van der Waals surface area contributed by atoms with Crippen LogP contribution in [0.3, 0.4) is 0 Å². The van der Waals surface area contributed by atoms with Gasteiger partial charge in [0.15, 0.2) is 11.6 Å². The molecule has 5 rings (SSSR count). The summed E-state index contributed by atoms with van der Waals surface area (Å²) in [5.74, 6) is 0.398. The number of halogens is 1. The van der Waals surface area contributed by atoms with Crippen molar-refractivity contribution in [3.8, 4) is 0 Å². The van der Waals surface area contributed by atoms with E-state index in [2.05, 4.69) is 19.8 Å². The van der Waals surface area contributed by atoms with Gasteiger partial charge < -0.3 is 28.7 Å². The number of hydrogen-bond donors (Lipinski definition) is 0. The van der Waals surface area contributed by atoms with Crippen molar-refractivity contribution in [1.29, 1.82) is 0 Å². The summed E-state index contributed by atoms with van der Waals surface area (Å²) in [7, 11) is 0. The molecule has 0 saturated carbocycles. The molecule has 5 heterocycles. The van der Waals surface area contributed by atoms with E-state index in [-0.39, 0.29) is 5.28 Å². The molecular formula is C17H24ClN5O4. The molecule has 4 aliphatic rings. The Hall–Kier alpha value is -1.26. The van der Waals surface area contributed by atoms with Crippen LogP contribution in [-0.4, -0.2) is 79.1 Å². The highest BCUT2D eigenvalue weighted by Gasteiger charge is 2.42. The highest BCUT2D eigenvalue weighted by Crippen LogP contribution is 2.34. The molecule has 1 aromatic heterocycles. The molecule has 0 aromatic carbocycles. The van der Waals surface area contributed by atoms with Gasteiger partial charge in [0.2, 0.25) is 17.2 Å². The van der Waals surface area contributed by atoms with Crippen molar-refractivity contribution >= 4 is 23.5 Å². The normalized spacial score (nSPS) is 27.0. The fourth-order valence-electron chi connectivity index (χ4n) is 4.28. The number of aromatic nitrogens is 3. The third-order valence-corrected chi connectivity index (χ3v) is 6.00. The van der Waals surface area contributed by atoms with Gasteiger partial charge in [-0.2, -0.15) is 15.0 Å². The van der Waals surface area contributed by atoms with Gasteiger partial charge in [0.1, 0.15) is 0 Å². The molecule has 0 bridgehead atoms. The topological polar surface area (TPSA) is 82.1 Å². The minimum atomic E-state index is -0.418. The van der Waals surface area contributed by atoms with E-state index in [4.69, 9.17) is 35.5 Å². The first-order valence-corrected chi connectivity index (χ1v) is 10.0. The maximum atomic E-state index is 6.22. The summed E-state index contributed by atoms with van der Waals surface area (Å²) in [6, 6.07) is 0. The van der Waals surface area contributed by atoms with E-state index >= 15 is 0 Å². The van der Waals surface area contributed by atoms with Crippen molar-refractivity contribution < 1.29 is 18.9 Å². The lowest BCUT2D eigenvalue weighted by molar-refractivity contribution is -0.169. The van der Waals surface area contributed by atoms with Crippen LogP contribution in [-0.2, 0) is 18.9 Å². The van der Waals surface area contributed by atoms with Gasteiger partial charge >= 0.3 is 0 Å². The maximum Gasteiger partial charge on any atom is 0.231 e. The summed E-state index contributed by atoms with van der Waals surface area (Å²) in [6.07, 6.45) is 3.19. The van der Waals surface area contributed by atoms with Crippen LogP contribution in [0.15, 0.2) is 0 Å². The van der Waals surface area contributed by atoms with Gasteiger partial charge in [-0.25, -0.2) is 0 Å². The molecule has 4 aliphatic heterocycles. The Kier molecular flexibility index (Phi) is 4.60. The molecule has 4 fully saturated rings. The zero-order valence-electron chi connectivity index (χ0n) is 15.2. The number of piperidine rings is 2. The van der Waals surface area contributed by atoms with Crippen LogP contribution in [0.1, 0.15) is 25.7 Å². The lowest BCUT2D eigenvalue weighted by Gasteiger charge is -2.39. The molecule has 0 radical (unpaired) electrons. The quantitative estimate of drug-likeness (QED) is 0.731. The van der Waals surface area contributed by atoms with Crippen molar-refractivity contribution in [3.63, 3.8) is 0 Å². The van der Waals surface area contributed by atoms with Gasteiger partial charge in [-0.15, -0.1) is 0 Å². The van der Waals surface area contributed by atoms with Gasteiger partial charge in [-0.05, 0) is 11.6 Å². The van der Waals surface area contributed by atoms with Crippen LogP contribution in [0.25, 0.3) is 0 Å². The maximum absolute atomic E-state index is 6.22. The third kappa shape index (κ3) is 3.47. The van der Waals surface area contributed by atoms with Crippen molar-refractivity contribution in [2.45, 2.75) is 37.3 Å². The summed E-state index contributed by atoms with van der Waals surface area (Å²) in [5, 5.41) is 0.220. The van der Waals surface area contributed by atoms with E-state index in [1.807, 2.05) is 0 Å². The van der Waals surface area contributed by atoms with Crippen LogP contribution < -0.4 is 9.80 Å². The monoisotopic (exact) mass is 397 g/mol. The molecule has 0 unspecified atom stereocenters. The Bertz CT molecular complexity index is 622. The van der Waals surface area contributed by atoms with Crippen molar-refractivity contribution in [2.24, 2.45) is 0 Å². The van der Waals surface area contributed by atoms with Gasteiger partial charge in [-0.3, -0.25) is 0 Å². The molecule has 27 heavy (non-hydrogen) atoms. The average molecular weight is 398 g/mol. The molecule has 0 N–H and O–H groups in total. The number of rotatable bonds is 2. The summed E-state index contributed by atoms with van der Waals surface area (Å²) in [6.45, 7) is 5.76. The summed E-state index contributed by atoms with van der Waals surface area (Å²) < 4.78 is 23.2. The zero-order chi connectivity index (χ0) is 18.3. The third-order valence-electron chi connectivity index (χ3n) is 5.83. The molecule has 0 aliphatic carbocycles. The average Bonchev–Trinajstić information content (AvgIpc) is 3.33. The fraction of sp³-hybridized carbons (Fsp3) is 0.824. The number of ether oxygens (including phenoxy) is 4. The second-order valence-electron chi connectivity index (χ2n) is 7.39. The molecular weight excluding hydrogens is 374 g/mol. The Labute approximate surface area is 162 Å². The molecule has 4 saturated heterocycles. The molecule has 148 valence electrons. The predicted octanol–water partition coefficient (Wildman–Crippen LogP) is 1.21. The van der Waals surface area contributed by atoms with Gasteiger partial charge in [-0.1, -0.05) is 0 Å².